The summed E-state index contributed by atoms with van der Waals surface area (Å²) in [6.07, 6.45) is 0.283. The monoisotopic (exact) mass is 448 g/mol. The molecule has 1 amide bonds. The van der Waals surface area contributed by atoms with Crippen LogP contribution in [0.4, 0.5) is 0 Å². The van der Waals surface area contributed by atoms with Crippen LogP contribution in [0.3, 0.4) is 0 Å². The summed E-state index contributed by atoms with van der Waals surface area (Å²) < 4.78 is 30.7. The molecule has 0 radical (unpaired) electrons. The molecule has 7 nitrogen and oxygen atoms in total. The molecule has 1 saturated heterocycles. The Bertz CT molecular complexity index is 880. The second kappa shape index (κ2) is 7.48. The van der Waals surface area contributed by atoms with E-state index in [0.29, 0.717) is 0 Å². The maximum atomic E-state index is 12.7. The number of hydrogen-bond acceptors (Lipinski definition) is 5. The molecule has 1 aromatic carbocycles. The second-order valence-corrected chi connectivity index (χ2v) is 10.8. The molecule has 0 spiro atoms. The van der Waals surface area contributed by atoms with Gasteiger partial charge in [-0.3, -0.25) is 9.59 Å². The van der Waals surface area contributed by atoms with Crippen molar-refractivity contribution in [3.05, 3.63) is 29.8 Å². The third kappa shape index (κ3) is 4.01. The molecule has 0 aromatic heterocycles. The maximum absolute atomic E-state index is 12.7. The zero-order valence-electron chi connectivity index (χ0n) is 15.7. The van der Waals surface area contributed by atoms with Gasteiger partial charge in [0.2, 0.25) is 10.0 Å². The third-order valence-electron chi connectivity index (χ3n) is 5.29. The van der Waals surface area contributed by atoms with Gasteiger partial charge < -0.3 is 9.64 Å². The molecule has 1 heterocycles. The van der Waals surface area contributed by atoms with Gasteiger partial charge in [0.1, 0.15) is 9.75 Å². The molecular weight excluding hydrogens is 427 g/mol. The average Bonchev–Trinajstić information content (AvgIpc) is 3.19. The van der Waals surface area contributed by atoms with E-state index in [1.54, 1.807) is 31.2 Å². The van der Waals surface area contributed by atoms with Crippen LogP contribution < -0.4 is 0 Å². The van der Waals surface area contributed by atoms with E-state index in [0.717, 1.165) is 5.56 Å². The van der Waals surface area contributed by atoms with Crippen molar-refractivity contribution in [2.75, 3.05) is 32.8 Å². The first-order valence-corrected chi connectivity index (χ1v) is 11.1. The number of hydrogen-bond donors (Lipinski definition) is 0. The zero-order valence-corrected chi connectivity index (χ0v) is 18.0. The number of nitrogens with zero attached hydrogens (tertiary/aromatic N) is 2. The maximum Gasteiger partial charge on any atom is 0.315 e. The highest BCUT2D eigenvalue weighted by molar-refractivity contribution is 7.89. The Morgan fingerprint density at radius 3 is 2.14 bits per heavy atom. The van der Waals surface area contributed by atoms with Crippen LogP contribution in [0.15, 0.2) is 29.2 Å². The highest BCUT2D eigenvalue weighted by Gasteiger charge is 2.69. The molecule has 1 aliphatic heterocycles. The smallest absolute Gasteiger partial charge is 0.315 e. The Balaban J connectivity index is 1.51. The van der Waals surface area contributed by atoms with Crippen molar-refractivity contribution in [1.82, 2.24) is 9.21 Å². The van der Waals surface area contributed by atoms with Crippen molar-refractivity contribution in [2.45, 2.75) is 29.5 Å². The number of halogens is 2. The lowest BCUT2D eigenvalue weighted by Crippen LogP contribution is -2.51. The number of benzene rings is 1. The van der Waals surface area contributed by atoms with Crippen LogP contribution in [-0.4, -0.2) is 66.6 Å². The Labute approximate surface area is 174 Å². The molecular formula is C18H22Cl2N2O5S. The van der Waals surface area contributed by atoms with Gasteiger partial charge in [-0.2, -0.15) is 4.31 Å². The summed E-state index contributed by atoms with van der Waals surface area (Å²) in [5.41, 5.74) is -0.0125. The number of aryl methyl sites for hydroxylation is 1. The molecule has 1 atom stereocenters. The Morgan fingerprint density at radius 2 is 1.64 bits per heavy atom. The predicted octanol–water partition coefficient (Wildman–Crippen LogP) is 1.96. The number of amides is 1. The zero-order chi connectivity index (χ0) is 20.7. The van der Waals surface area contributed by atoms with E-state index in [1.165, 1.54) is 9.21 Å². The molecule has 3 rings (SSSR count). The summed E-state index contributed by atoms with van der Waals surface area (Å²) in [5, 5.41) is 0. The van der Waals surface area contributed by atoms with Gasteiger partial charge in [0.05, 0.1) is 4.90 Å². The number of rotatable bonds is 5. The van der Waals surface area contributed by atoms with E-state index in [2.05, 4.69) is 0 Å². The average molecular weight is 449 g/mol. The summed E-state index contributed by atoms with van der Waals surface area (Å²) in [6, 6.07) is 6.65. The first-order valence-electron chi connectivity index (χ1n) is 8.87. The lowest BCUT2D eigenvalue weighted by Gasteiger charge is -2.34. The van der Waals surface area contributed by atoms with E-state index in [9.17, 15) is 18.0 Å². The highest BCUT2D eigenvalue weighted by Crippen LogP contribution is 2.64. The van der Waals surface area contributed by atoms with Crippen LogP contribution >= 0.6 is 23.2 Å². The number of carbonyl (C=O) groups excluding carboxylic acids is 2. The third-order valence-corrected chi connectivity index (χ3v) is 8.30. The Kier molecular flexibility index (Phi) is 5.71. The van der Waals surface area contributed by atoms with Crippen LogP contribution in [0.2, 0.25) is 0 Å². The molecule has 154 valence electrons. The van der Waals surface area contributed by atoms with Crippen LogP contribution in [0, 0.1) is 12.3 Å². The van der Waals surface area contributed by atoms with E-state index < -0.39 is 32.3 Å². The standard InChI is InChI=1S/C18H22Cl2N2O5S/c1-13-3-5-14(6-4-13)28(25,26)22-9-7-21(8-10-22)15(23)11-27-16(24)17(2)12-18(17,19)20/h3-6H,7-12H2,1-2H3/t17-/m1/s1. The molecule has 1 aromatic rings. The number of piperazine rings is 1. The minimum absolute atomic E-state index is 0.181. The summed E-state index contributed by atoms with van der Waals surface area (Å²) in [7, 11) is -3.60. The molecule has 1 aliphatic carbocycles. The Hall–Kier alpha value is -1.35. The highest BCUT2D eigenvalue weighted by atomic mass is 35.5. The molecule has 0 bridgehead atoms. The van der Waals surface area contributed by atoms with E-state index in [4.69, 9.17) is 27.9 Å². The number of alkyl halides is 2. The molecule has 1 saturated carbocycles. The van der Waals surface area contributed by atoms with Gasteiger partial charge in [-0.15, -0.1) is 23.2 Å². The number of sulfonamides is 1. The van der Waals surface area contributed by atoms with Crippen molar-refractivity contribution in [3.63, 3.8) is 0 Å². The number of esters is 1. The summed E-state index contributed by atoms with van der Waals surface area (Å²) >= 11 is 11.9. The fourth-order valence-corrected chi connectivity index (χ4v) is 5.15. The summed E-state index contributed by atoms with van der Waals surface area (Å²) in [6.45, 7) is 3.89. The molecule has 2 fully saturated rings. The second-order valence-electron chi connectivity index (χ2n) is 7.39. The van der Waals surface area contributed by atoms with E-state index >= 15 is 0 Å². The first-order chi connectivity index (χ1) is 13.0. The Morgan fingerprint density at radius 1 is 1.11 bits per heavy atom. The van der Waals surface area contributed by atoms with Gasteiger partial charge in [-0.05, 0) is 26.0 Å². The molecule has 28 heavy (non-hydrogen) atoms. The topological polar surface area (TPSA) is 84.0 Å². The summed E-state index contributed by atoms with van der Waals surface area (Å²) in [5.74, 6) is -0.980. The predicted molar refractivity (Wildman–Crippen MR) is 105 cm³/mol. The van der Waals surface area contributed by atoms with Crippen molar-refractivity contribution < 1.29 is 22.7 Å². The van der Waals surface area contributed by atoms with Gasteiger partial charge in [0.15, 0.2) is 6.61 Å². The normalized spacial score (nSPS) is 24.6. The van der Waals surface area contributed by atoms with Gasteiger partial charge in [-0.1, -0.05) is 17.7 Å². The lowest BCUT2D eigenvalue weighted by atomic mass is 10.1. The molecule has 0 unspecified atom stereocenters. The van der Waals surface area contributed by atoms with E-state index in [-0.39, 0.29) is 43.4 Å². The van der Waals surface area contributed by atoms with Crippen molar-refractivity contribution in [1.29, 1.82) is 0 Å². The SMILES string of the molecule is Cc1ccc(S(=O)(=O)N2CCN(C(=O)COC(=O)[C@@]3(C)CC3(Cl)Cl)CC2)cc1. The van der Waals surface area contributed by atoms with E-state index in [1.807, 2.05) is 6.92 Å². The molecule has 2 aliphatic rings. The van der Waals surface area contributed by atoms with Gasteiger partial charge in [-0.25, -0.2) is 8.42 Å². The van der Waals surface area contributed by atoms with Gasteiger partial charge in [0.25, 0.3) is 5.91 Å². The fourth-order valence-electron chi connectivity index (χ4n) is 3.04. The van der Waals surface area contributed by atoms with Crippen LogP contribution in [0.5, 0.6) is 0 Å². The van der Waals surface area contributed by atoms with Crippen LogP contribution in [-0.2, 0) is 24.3 Å². The number of carbonyl (C=O) groups is 2. The quantitative estimate of drug-likeness (QED) is 0.507. The summed E-state index contributed by atoms with van der Waals surface area (Å²) in [4.78, 5) is 26.1. The molecule has 10 heteroatoms. The minimum atomic E-state index is -3.60. The van der Waals surface area contributed by atoms with Crippen molar-refractivity contribution in [2.24, 2.45) is 5.41 Å². The minimum Gasteiger partial charge on any atom is -0.455 e. The van der Waals surface area contributed by atoms with Crippen LogP contribution in [0.25, 0.3) is 0 Å². The molecule has 0 N–H and O–H groups in total. The fraction of sp³-hybridized carbons (Fsp3) is 0.556. The first kappa shape index (κ1) is 21.4. The number of ether oxygens (including phenoxy) is 1. The van der Waals surface area contributed by atoms with Crippen molar-refractivity contribution >= 4 is 45.1 Å². The largest absolute Gasteiger partial charge is 0.455 e. The van der Waals surface area contributed by atoms with Gasteiger partial charge >= 0.3 is 5.97 Å². The van der Waals surface area contributed by atoms with Crippen LogP contribution in [0.1, 0.15) is 18.9 Å². The van der Waals surface area contributed by atoms with Gasteiger partial charge in [0, 0.05) is 32.6 Å². The van der Waals surface area contributed by atoms with Crippen molar-refractivity contribution in [3.8, 4) is 0 Å². The lowest BCUT2D eigenvalue weighted by molar-refractivity contribution is -0.156.